The molecule has 1 unspecified atom stereocenters. The first kappa shape index (κ1) is 17.9. The van der Waals surface area contributed by atoms with Crippen molar-refractivity contribution < 1.29 is 4.74 Å². The van der Waals surface area contributed by atoms with Gasteiger partial charge < -0.3 is 20.7 Å². The van der Waals surface area contributed by atoms with Gasteiger partial charge in [-0.05, 0) is 61.1 Å². The van der Waals surface area contributed by atoms with Crippen LogP contribution in [0, 0.1) is 0 Å². The molecule has 0 spiro atoms. The molecule has 0 aromatic heterocycles. The Hall–Kier alpha value is -2.93. The molecule has 0 aliphatic carbocycles. The largest absolute Gasteiger partial charge is 0.497 e. The third kappa shape index (κ3) is 4.37. The molecule has 1 atom stereocenters. The zero-order chi connectivity index (χ0) is 18.5. The van der Waals surface area contributed by atoms with Crippen molar-refractivity contribution in [2.24, 2.45) is 9.98 Å². The van der Waals surface area contributed by atoms with Crippen LogP contribution < -0.4 is 20.7 Å². The molecule has 3 rings (SSSR count). The van der Waals surface area contributed by atoms with Gasteiger partial charge in [0.05, 0.1) is 24.7 Å². The van der Waals surface area contributed by atoms with Crippen molar-refractivity contribution in [2.45, 2.75) is 13.1 Å². The van der Waals surface area contributed by atoms with Crippen molar-refractivity contribution in [1.82, 2.24) is 16.0 Å². The van der Waals surface area contributed by atoms with Gasteiger partial charge in [0.2, 0.25) is 0 Å². The van der Waals surface area contributed by atoms with Gasteiger partial charge in [0.15, 0.2) is 11.3 Å². The Morgan fingerprint density at radius 3 is 2.77 bits per heavy atom. The second kappa shape index (κ2) is 7.97. The maximum Gasteiger partial charge on any atom is 0.172 e. The van der Waals surface area contributed by atoms with Gasteiger partial charge in [0, 0.05) is 6.54 Å². The summed E-state index contributed by atoms with van der Waals surface area (Å²) in [5.41, 5.74) is 3.79. The molecule has 0 radical (unpaired) electrons. The third-order valence-corrected chi connectivity index (χ3v) is 4.03. The molecule has 2 heterocycles. The Labute approximate surface area is 158 Å². The summed E-state index contributed by atoms with van der Waals surface area (Å²) >= 11 is 5.27. The fraction of sp³-hybridized carbons (Fsp3) is 0.211. The van der Waals surface area contributed by atoms with Gasteiger partial charge in [-0.2, -0.15) is 0 Å². The molecule has 0 amide bonds. The fourth-order valence-electron chi connectivity index (χ4n) is 2.44. The molecule has 26 heavy (non-hydrogen) atoms. The molecule has 1 aromatic carbocycles. The van der Waals surface area contributed by atoms with Crippen LogP contribution in [0.25, 0.3) is 5.70 Å². The SMILES string of the molecule is C=C(C)CNC(=S)NC1=NC2NC(c3ccc(OC)cc3)=CN=C2C=C1. The molecule has 7 heteroatoms. The highest BCUT2D eigenvalue weighted by Crippen LogP contribution is 2.21. The molecule has 2 aliphatic rings. The monoisotopic (exact) mass is 367 g/mol. The molecule has 0 fully saturated rings. The maximum atomic E-state index is 5.27. The standard InChI is InChI=1S/C19H21N5OS/c1-12(2)10-21-19(26)24-17-9-8-15-18(23-17)22-16(11-20-15)13-4-6-14(25-3)7-5-13/h4-9,11,18,22H,1,10H2,2-3H3,(H2,21,23,24,26). The molecule has 0 bridgehead atoms. The van der Waals surface area contributed by atoms with Crippen LogP contribution in [0.1, 0.15) is 12.5 Å². The lowest BCUT2D eigenvalue weighted by Crippen LogP contribution is -2.44. The van der Waals surface area contributed by atoms with Gasteiger partial charge in [-0.15, -0.1) is 0 Å². The minimum atomic E-state index is -0.256. The maximum absolute atomic E-state index is 5.27. The summed E-state index contributed by atoms with van der Waals surface area (Å²) in [6.45, 7) is 6.41. The van der Waals surface area contributed by atoms with E-state index >= 15 is 0 Å². The highest BCUT2D eigenvalue weighted by Gasteiger charge is 2.22. The number of hydrogen-bond donors (Lipinski definition) is 3. The molecule has 0 saturated heterocycles. The lowest BCUT2D eigenvalue weighted by Gasteiger charge is -2.25. The number of fused-ring (bicyclic) bond motifs is 1. The van der Waals surface area contributed by atoms with Crippen molar-refractivity contribution in [3.05, 3.63) is 60.3 Å². The van der Waals surface area contributed by atoms with E-state index in [-0.39, 0.29) is 6.17 Å². The Bertz CT molecular complexity index is 836. The Balaban J connectivity index is 1.68. The Kier molecular flexibility index (Phi) is 5.48. The summed E-state index contributed by atoms with van der Waals surface area (Å²) in [6.07, 6.45) is 5.34. The molecule has 6 nitrogen and oxygen atoms in total. The van der Waals surface area contributed by atoms with E-state index < -0.39 is 0 Å². The van der Waals surface area contributed by atoms with E-state index in [1.165, 1.54) is 0 Å². The number of nitrogens with one attached hydrogen (secondary N) is 3. The van der Waals surface area contributed by atoms with Crippen molar-refractivity contribution in [1.29, 1.82) is 0 Å². The van der Waals surface area contributed by atoms with Crippen LogP contribution in [-0.2, 0) is 0 Å². The summed E-state index contributed by atoms with van der Waals surface area (Å²) in [7, 11) is 1.65. The van der Waals surface area contributed by atoms with Crippen LogP contribution in [-0.4, -0.2) is 36.5 Å². The predicted octanol–water partition coefficient (Wildman–Crippen LogP) is 2.37. The number of thiocarbonyl (C=S) groups is 1. The highest BCUT2D eigenvalue weighted by atomic mass is 32.1. The third-order valence-electron chi connectivity index (χ3n) is 3.79. The van der Waals surface area contributed by atoms with E-state index in [2.05, 4.69) is 32.5 Å². The van der Waals surface area contributed by atoms with E-state index in [1.807, 2.05) is 49.5 Å². The number of methoxy groups -OCH3 is 1. The quantitative estimate of drug-likeness (QED) is 0.563. The van der Waals surface area contributed by atoms with Crippen molar-refractivity contribution in [3.63, 3.8) is 0 Å². The van der Waals surface area contributed by atoms with Crippen molar-refractivity contribution in [3.8, 4) is 5.75 Å². The molecule has 134 valence electrons. The topological polar surface area (TPSA) is 70.0 Å². The lowest BCUT2D eigenvalue weighted by atomic mass is 10.1. The molecule has 3 N–H and O–H groups in total. The predicted molar refractivity (Wildman–Crippen MR) is 110 cm³/mol. The average Bonchev–Trinajstić information content (AvgIpc) is 2.66. The zero-order valence-electron chi connectivity index (χ0n) is 14.7. The van der Waals surface area contributed by atoms with Crippen LogP contribution in [0.5, 0.6) is 5.75 Å². The van der Waals surface area contributed by atoms with E-state index in [1.54, 1.807) is 7.11 Å². The fourth-order valence-corrected chi connectivity index (χ4v) is 2.62. The Morgan fingerprint density at radius 1 is 1.31 bits per heavy atom. The number of benzene rings is 1. The van der Waals surface area contributed by atoms with Gasteiger partial charge in [0.1, 0.15) is 11.6 Å². The minimum absolute atomic E-state index is 0.256. The van der Waals surface area contributed by atoms with Gasteiger partial charge >= 0.3 is 0 Å². The van der Waals surface area contributed by atoms with Crippen LogP contribution >= 0.6 is 12.2 Å². The first-order valence-corrected chi connectivity index (χ1v) is 8.60. The smallest absolute Gasteiger partial charge is 0.172 e. The second-order valence-electron chi connectivity index (χ2n) is 5.98. The number of aliphatic imine (C=N–C) groups is 2. The first-order valence-electron chi connectivity index (χ1n) is 8.19. The number of hydrogen-bond acceptors (Lipinski definition) is 5. The van der Waals surface area contributed by atoms with E-state index in [9.17, 15) is 0 Å². The molecular weight excluding hydrogens is 346 g/mol. The normalized spacial score (nSPS) is 17.8. The van der Waals surface area contributed by atoms with Crippen LogP contribution in [0.3, 0.4) is 0 Å². The number of amidine groups is 1. The summed E-state index contributed by atoms with van der Waals surface area (Å²) in [5, 5.41) is 10.1. The van der Waals surface area contributed by atoms with Crippen molar-refractivity contribution in [2.75, 3.05) is 13.7 Å². The van der Waals surface area contributed by atoms with Crippen LogP contribution in [0.4, 0.5) is 0 Å². The van der Waals surface area contributed by atoms with E-state index in [4.69, 9.17) is 17.0 Å². The zero-order valence-corrected chi connectivity index (χ0v) is 15.6. The van der Waals surface area contributed by atoms with Gasteiger partial charge in [-0.3, -0.25) is 4.99 Å². The second-order valence-corrected chi connectivity index (χ2v) is 6.39. The molecular formula is C19H21N5OS. The summed E-state index contributed by atoms with van der Waals surface area (Å²) < 4.78 is 5.20. The van der Waals surface area contributed by atoms with E-state index in [0.29, 0.717) is 17.5 Å². The van der Waals surface area contributed by atoms with Crippen LogP contribution in [0.2, 0.25) is 0 Å². The lowest BCUT2D eigenvalue weighted by molar-refractivity contribution is 0.415. The molecule has 2 aliphatic heterocycles. The summed E-state index contributed by atoms with van der Waals surface area (Å²) in [4.78, 5) is 9.15. The van der Waals surface area contributed by atoms with Gasteiger partial charge in [-0.1, -0.05) is 12.2 Å². The minimum Gasteiger partial charge on any atom is -0.497 e. The number of ether oxygens (including phenoxy) is 1. The van der Waals surface area contributed by atoms with E-state index in [0.717, 1.165) is 28.3 Å². The summed E-state index contributed by atoms with van der Waals surface area (Å²) in [6, 6.07) is 7.80. The van der Waals surface area contributed by atoms with Crippen molar-refractivity contribution >= 4 is 34.6 Å². The number of nitrogens with zero attached hydrogens (tertiary/aromatic N) is 2. The highest BCUT2D eigenvalue weighted by molar-refractivity contribution is 7.80. The number of dihydropyridines is 1. The molecule has 0 saturated carbocycles. The number of rotatable bonds is 4. The average molecular weight is 367 g/mol. The molecule has 1 aromatic rings. The van der Waals surface area contributed by atoms with Crippen LogP contribution in [0.15, 0.2) is 64.8 Å². The Morgan fingerprint density at radius 2 is 2.08 bits per heavy atom. The van der Waals surface area contributed by atoms with Gasteiger partial charge in [0.25, 0.3) is 0 Å². The first-order chi connectivity index (χ1) is 12.5. The summed E-state index contributed by atoms with van der Waals surface area (Å²) in [5.74, 6) is 1.49. The van der Waals surface area contributed by atoms with Gasteiger partial charge in [-0.25, -0.2) is 4.99 Å².